The van der Waals surface area contributed by atoms with Gasteiger partial charge in [0.25, 0.3) is 5.56 Å². The number of hydrogen-bond donors (Lipinski definition) is 1. The van der Waals surface area contributed by atoms with E-state index in [1.165, 1.54) is 35.9 Å². The molecule has 2 unspecified atom stereocenters. The maximum Gasteiger partial charge on any atom is 0.332 e. The molecule has 1 saturated carbocycles. The van der Waals surface area contributed by atoms with Crippen LogP contribution in [0.25, 0.3) is 16.7 Å². The Morgan fingerprint density at radius 2 is 1.95 bits per heavy atom. The van der Waals surface area contributed by atoms with E-state index in [9.17, 15) is 19.2 Å². The molecule has 1 aliphatic heterocycles. The topological polar surface area (TPSA) is 149 Å². The van der Waals surface area contributed by atoms with Crippen LogP contribution < -0.4 is 16.6 Å². The Balaban J connectivity index is 1.36. The molecule has 40 heavy (non-hydrogen) atoms. The quantitative estimate of drug-likeness (QED) is 0.349. The van der Waals surface area contributed by atoms with E-state index in [0.717, 1.165) is 35.1 Å². The van der Waals surface area contributed by atoms with E-state index >= 15 is 0 Å². The summed E-state index contributed by atoms with van der Waals surface area (Å²) in [4.78, 5) is 70.0. The second kappa shape index (κ2) is 10.5. The number of likely N-dealkylation sites (tertiary alicyclic amines) is 1. The molecule has 208 valence electrons. The van der Waals surface area contributed by atoms with E-state index in [4.69, 9.17) is 0 Å². The first-order valence-electron chi connectivity index (χ1n) is 13.0. The van der Waals surface area contributed by atoms with E-state index in [-0.39, 0.29) is 23.5 Å². The standard InChI is InChI=1S/C27H31N9O4/c1-15(10-29-26(28-4)34-12-18-9-19(18)13-34)20-7-6-8-21(31-20)32-24(38)17(3)36-14-30-23-22(36)25(39)35(11-16(2)37)27(40)33(23)5/h6-8,10,14,17-19H,4,9,11-13H2,1-3,5H3,(H,31,32,38)/b15-10+,29-26+/t17-,18?,19?/m0/s1. The molecule has 13 heteroatoms. The highest BCUT2D eigenvalue weighted by Crippen LogP contribution is 2.45. The highest BCUT2D eigenvalue weighted by molar-refractivity contribution is 5.93. The molecule has 5 rings (SSSR count). The number of anilines is 1. The van der Waals surface area contributed by atoms with Crippen LogP contribution in [-0.4, -0.2) is 66.0 Å². The van der Waals surface area contributed by atoms with Crippen LogP contribution in [0.15, 0.2) is 50.3 Å². The van der Waals surface area contributed by atoms with E-state index in [1.54, 1.807) is 25.3 Å². The number of pyridine rings is 1. The summed E-state index contributed by atoms with van der Waals surface area (Å²) in [5.41, 5.74) is 0.226. The number of aliphatic imine (C=N–C) groups is 2. The zero-order valence-electron chi connectivity index (χ0n) is 22.9. The number of carbonyl (C=O) groups excluding carboxylic acids is 2. The predicted octanol–water partition coefficient (Wildman–Crippen LogP) is 1.45. The molecule has 3 aromatic heterocycles. The Kier molecular flexibility index (Phi) is 7.04. The van der Waals surface area contributed by atoms with Crippen molar-refractivity contribution < 1.29 is 9.59 Å². The Morgan fingerprint density at radius 3 is 2.62 bits per heavy atom. The second-order valence-electron chi connectivity index (χ2n) is 10.4. The molecule has 1 saturated heterocycles. The molecular formula is C27H31N9O4. The lowest BCUT2D eigenvalue weighted by atomic mass is 10.2. The van der Waals surface area contributed by atoms with Crippen LogP contribution >= 0.6 is 0 Å². The van der Waals surface area contributed by atoms with Crippen molar-refractivity contribution in [1.82, 2.24) is 28.6 Å². The summed E-state index contributed by atoms with van der Waals surface area (Å²) in [6.07, 6.45) is 4.31. The fourth-order valence-electron chi connectivity index (χ4n) is 5.03. The van der Waals surface area contributed by atoms with Gasteiger partial charge in [0.2, 0.25) is 11.9 Å². The van der Waals surface area contributed by atoms with Crippen LogP contribution in [0.3, 0.4) is 0 Å². The van der Waals surface area contributed by atoms with Crippen molar-refractivity contribution in [1.29, 1.82) is 0 Å². The molecule has 1 N–H and O–H groups in total. The Bertz CT molecular complexity index is 1700. The molecule has 2 fully saturated rings. The lowest BCUT2D eigenvalue weighted by molar-refractivity contribution is -0.119. The van der Waals surface area contributed by atoms with Gasteiger partial charge in [-0.15, -0.1) is 0 Å². The van der Waals surface area contributed by atoms with Gasteiger partial charge in [0.05, 0.1) is 18.6 Å². The number of aromatic nitrogens is 5. The minimum atomic E-state index is -0.874. The van der Waals surface area contributed by atoms with Crippen molar-refractivity contribution in [3.05, 3.63) is 57.3 Å². The van der Waals surface area contributed by atoms with Gasteiger partial charge < -0.3 is 14.8 Å². The lowest BCUT2D eigenvalue weighted by Crippen LogP contribution is -2.41. The van der Waals surface area contributed by atoms with Gasteiger partial charge in [-0.25, -0.2) is 24.7 Å². The van der Waals surface area contributed by atoms with Gasteiger partial charge in [0, 0.05) is 26.3 Å². The minimum Gasteiger partial charge on any atom is -0.340 e. The van der Waals surface area contributed by atoms with Gasteiger partial charge in [0.15, 0.2) is 11.2 Å². The number of piperidine rings is 1. The first-order valence-corrected chi connectivity index (χ1v) is 13.0. The third kappa shape index (κ3) is 5.01. The number of nitrogens with one attached hydrogen (secondary N) is 1. The number of guanidine groups is 1. The minimum absolute atomic E-state index is 0.0475. The van der Waals surface area contributed by atoms with Crippen molar-refractivity contribution in [2.24, 2.45) is 28.9 Å². The smallest absolute Gasteiger partial charge is 0.332 e. The third-order valence-electron chi connectivity index (χ3n) is 7.42. The maximum atomic E-state index is 13.2. The summed E-state index contributed by atoms with van der Waals surface area (Å²) in [6.45, 7) is 9.97. The Morgan fingerprint density at radius 1 is 1.23 bits per heavy atom. The average Bonchev–Trinajstić information content (AvgIpc) is 3.31. The van der Waals surface area contributed by atoms with E-state index < -0.39 is 23.2 Å². The molecule has 0 spiro atoms. The molecule has 0 bridgehead atoms. The van der Waals surface area contributed by atoms with Crippen molar-refractivity contribution in [2.75, 3.05) is 18.4 Å². The zero-order valence-corrected chi connectivity index (χ0v) is 22.9. The Labute approximate surface area is 229 Å². The summed E-state index contributed by atoms with van der Waals surface area (Å²) < 4.78 is 3.41. The van der Waals surface area contributed by atoms with Crippen molar-refractivity contribution >= 4 is 46.9 Å². The van der Waals surface area contributed by atoms with E-state index in [0.29, 0.717) is 17.5 Å². The average molecular weight is 546 g/mol. The van der Waals surface area contributed by atoms with Gasteiger partial charge in [0.1, 0.15) is 17.6 Å². The number of hydrogen-bond acceptors (Lipinski definition) is 7. The van der Waals surface area contributed by atoms with Crippen molar-refractivity contribution in [2.45, 2.75) is 39.8 Å². The van der Waals surface area contributed by atoms with E-state index in [2.05, 4.69) is 36.9 Å². The number of amides is 1. The first-order chi connectivity index (χ1) is 19.1. The highest BCUT2D eigenvalue weighted by Gasteiger charge is 2.45. The molecule has 1 aliphatic carbocycles. The number of allylic oxidation sites excluding steroid dienone is 1. The number of aryl methyl sites for hydroxylation is 1. The van der Waals surface area contributed by atoms with Crippen LogP contribution in [0.5, 0.6) is 0 Å². The number of Topliss-reactive ketones (excluding diaryl/α,β-unsaturated/α-hetero) is 1. The monoisotopic (exact) mass is 545 g/mol. The molecular weight excluding hydrogens is 514 g/mol. The number of nitrogens with zero attached hydrogens (tertiary/aromatic N) is 8. The van der Waals surface area contributed by atoms with Crippen LogP contribution in [0.1, 0.15) is 38.9 Å². The molecule has 0 radical (unpaired) electrons. The van der Waals surface area contributed by atoms with Crippen LogP contribution in [-0.2, 0) is 23.2 Å². The summed E-state index contributed by atoms with van der Waals surface area (Å²) in [5.74, 6) is 1.61. The molecule has 0 aromatic carbocycles. The first kappa shape index (κ1) is 26.9. The Hall–Kier alpha value is -4.68. The fourth-order valence-corrected chi connectivity index (χ4v) is 5.03. The van der Waals surface area contributed by atoms with Gasteiger partial charge in [-0.2, -0.15) is 0 Å². The van der Waals surface area contributed by atoms with E-state index in [1.807, 2.05) is 13.0 Å². The molecule has 1 amide bonds. The number of ketones is 1. The fraction of sp³-hybridized carbons (Fsp3) is 0.407. The zero-order chi connectivity index (χ0) is 28.7. The molecule has 3 aromatic rings. The normalized spacial score (nSPS) is 19.4. The van der Waals surface area contributed by atoms with Gasteiger partial charge >= 0.3 is 5.69 Å². The predicted molar refractivity (Wildman–Crippen MR) is 151 cm³/mol. The highest BCUT2D eigenvalue weighted by atomic mass is 16.2. The third-order valence-corrected chi connectivity index (χ3v) is 7.42. The summed E-state index contributed by atoms with van der Waals surface area (Å²) >= 11 is 0. The largest absolute Gasteiger partial charge is 0.340 e. The maximum absolute atomic E-state index is 13.2. The lowest BCUT2D eigenvalue weighted by Gasteiger charge is -2.17. The summed E-state index contributed by atoms with van der Waals surface area (Å²) in [5, 5.41) is 2.78. The SMILES string of the molecule is C=N/C(=N\C=C(/C)c1cccc(NC(=O)[C@H](C)n2cnc3c2c(=O)n(CC(C)=O)c(=O)n3C)n1)N1CC2CC2C1. The number of rotatable bonds is 7. The molecule has 13 nitrogen and oxygen atoms in total. The van der Waals surface area contributed by atoms with Gasteiger partial charge in [-0.05, 0) is 63.5 Å². The van der Waals surface area contributed by atoms with Gasteiger partial charge in [-0.1, -0.05) is 6.07 Å². The summed E-state index contributed by atoms with van der Waals surface area (Å²) in [6, 6.07) is 4.37. The van der Waals surface area contributed by atoms with Crippen LogP contribution in [0, 0.1) is 11.8 Å². The number of imidazole rings is 1. The number of fused-ring (bicyclic) bond motifs is 2. The van der Waals surface area contributed by atoms with Crippen LogP contribution in [0.2, 0.25) is 0 Å². The molecule has 2 aliphatic rings. The number of carbonyl (C=O) groups is 2. The molecule has 4 heterocycles. The van der Waals surface area contributed by atoms with Gasteiger partial charge in [-0.3, -0.25) is 23.5 Å². The van der Waals surface area contributed by atoms with Crippen LogP contribution in [0.4, 0.5) is 5.82 Å². The van der Waals surface area contributed by atoms with Crippen molar-refractivity contribution in [3.8, 4) is 0 Å². The second-order valence-corrected chi connectivity index (χ2v) is 10.4. The molecule has 3 atom stereocenters. The van der Waals surface area contributed by atoms with Crippen molar-refractivity contribution in [3.63, 3.8) is 0 Å². The summed E-state index contributed by atoms with van der Waals surface area (Å²) in [7, 11) is 1.46.